The summed E-state index contributed by atoms with van der Waals surface area (Å²) in [5.74, 6) is 0. The lowest BCUT2D eigenvalue weighted by Crippen LogP contribution is -2.54. The van der Waals surface area contributed by atoms with Crippen molar-refractivity contribution in [3.8, 4) is 0 Å². The first-order valence-corrected chi connectivity index (χ1v) is 10.5. The van der Waals surface area contributed by atoms with Gasteiger partial charge >= 0.3 is 6.03 Å². The SMILES string of the molecule is O=C(N1CCOCC1)N1CCNC(c2cc(CCc3ccc(Cl)s3)[nH]n2)C1. The number of halogens is 1. The molecule has 2 N–H and O–H groups in total. The summed E-state index contributed by atoms with van der Waals surface area (Å²) in [5.41, 5.74) is 2.07. The molecule has 0 saturated carbocycles. The van der Waals surface area contributed by atoms with E-state index in [1.54, 1.807) is 11.3 Å². The molecular formula is C18H24ClN5O2S. The third kappa shape index (κ3) is 4.63. The molecule has 4 heterocycles. The normalized spacial score (nSPS) is 20.9. The second kappa shape index (κ2) is 8.60. The lowest BCUT2D eigenvalue weighted by atomic mass is 10.1. The fraction of sp³-hybridized carbons (Fsp3) is 0.556. The Labute approximate surface area is 167 Å². The number of nitrogens with one attached hydrogen (secondary N) is 2. The zero-order valence-electron chi connectivity index (χ0n) is 15.1. The molecule has 7 nitrogen and oxygen atoms in total. The van der Waals surface area contributed by atoms with Gasteiger partial charge in [-0.1, -0.05) is 11.6 Å². The Kier molecular flexibility index (Phi) is 5.97. The summed E-state index contributed by atoms with van der Waals surface area (Å²) >= 11 is 7.61. The average molecular weight is 410 g/mol. The van der Waals surface area contributed by atoms with Gasteiger partial charge < -0.3 is 19.9 Å². The van der Waals surface area contributed by atoms with E-state index in [-0.39, 0.29) is 12.1 Å². The van der Waals surface area contributed by atoms with E-state index in [1.807, 2.05) is 15.9 Å². The van der Waals surface area contributed by atoms with Crippen LogP contribution in [0.25, 0.3) is 0 Å². The number of hydrogen-bond acceptors (Lipinski definition) is 5. The molecule has 0 radical (unpaired) electrons. The average Bonchev–Trinajstić information content (AvgIpc) is 3.35. The first kappa shape index (κ1) is 18.7. The van der Waals surface area contributed by atoms with Crippen LogP contribution in [-0.2, 0) is 17.6 Å². The number of amides is 2. The number of piperazine rings is 1. The van der Waals surface area contributed by atoms with E-state index in [0.717, 1.165) is 41.7 Å². The molecule has 146 valence electrons. The highest BCUT2D eigenvalue weighted by molar-refractivity contribution is 7.16. The number of urea groups is 1. The molecule has 9 heteroatoms. The fourth-order valence-electron chi connectivity index (χ4n) is 3.51. The van der Waals surface area contributed by atoms with Gasteiger partial charge in [0.15, 0.2) is 0 Å². The molecular weight excluding hydrogens is 386 g/mol. The van der Waals surface area contributed by atoms with Gasteiger partial charge in [-0.2, -0.15) is 5.10 Å². The van der Waals surface area contributed by atoms with Crippen LogP contribution < -0.4 is 5.32 Å². The summed E-state index contributed by atoms with van der Waals surface area (Å²) in [7, 11) is 0. The predicted octanol–water partition coefficient (Wildman–Crippen LogP) is 2.31. The Balaban J connectivity index is 1.34. The van der Waals surface area contributed by atoms with Crippen molar-refractivity contribution in [3.63, 3.8) is 0 Å². The number of hydrogen-bond donors (Lipinski definition) is 2. The number of ether oxygens (including phenoxy) is 1. The Hall–Kier alpha value is -1.61. The summed E-state index contributed by atoms with van der Waals surface area (Å²) in [6.45, 7) is 4.74. The third-order valence-corrected chi connectivity index (χ3v) is 6.30. The Bertz CT molecular complexity index is 773. The highest BCUT2D eigenvalue weighted by Gasteiger charge is 2.29. The van der Waals surface area contributed by atoms with Crippen molar-refractivity contribution in [2.24, 2.45) is 0 Å². The number of carbonyl (C=O) groups is 1. The molecule has 2 aliphatic rings. The minimum absolute atomic E-state index is 0.0601. The number of rotatable bonds is 4. The van der Waals surface area contributed by atoms with Crippen LogP contribution in [0.5, 0.6) is 0 Å². The maximum atomic E-state index is 12.7. The van der Waals surface area contributed by atoms with Crippen LogP contribution >= 0.6 is 22.9 Å². The zero-order chi connectivity index (χ0) is 18.6. The minimum atomic E-state index is 0.0601. The van der Waals surface area contributed by atoms with Crippen molar-refractivity contribution in [1.82, 2.24) is 25.3 Å². The first-order valence-electron chi connectivity index (χ1n) is 9.32. The molecule has 0 aromatic carbocycles. The van der Waals surface area contributed by atoms with E-state index in [1.165, 1.54) is 4.88 Å². The maximum absolute atomic E-state index is 12.7. The number of morpholine rings is 1. The summed E-state index contributed by atoms with van der Waals surface area (Å²) in [4.78, 5) is 17.8. The van der Waals surface area contributed by atoms with Gasteiger partial charge in [-0.25, -0.2) is 4.79 Å². The van der Waals surface area contributed by atoms with Crippen LogP contribution in [0.2, 0.25) is 4.34 Å². The minimum Gasteiger partial charge on any atom is -0.378 e. The second-order valence-electron chi connectivity index (χ2n) is 6.86. The van der Waals surface area contributed by atoms with Crippen LogP contribution in [0.4, 0.5) is 4.79 Å². The zero-order valence-corrected chi connectivity index (χ0v) is 16.7. The van der Waals surface area contributed by atoms with Gasteiger partial charge in [0.05, 0.1) is 29.3 Å². The van der Waals surface area contributed by atoms with Crippen LogP contribution in [0.15, 0.2) is 18.2 Å². The van der Waals surface area contributed by atoms with Gasteiger partial charge in [-0.15, -0.1) is 11.3 Å². The molecule has 0 spiro atoms. The van der Waals surface area contributed by atoms with Crippen LogP contribution in [0.3, 0.4) is 0 Å². The van der Waals surface area contributed by atoms with Crippen molar-refractivity contribution in [1.29, 1.82) is 0 Å². The summed E-state index contributed by atoms with van der Waals surface area (Å²) in [6, 6.07) is 6.28. The number of aromatic amines is 1. The van der Waals surface area contributed by atoms with Gasteiger partial charge in [0.1, 0.15) is 0 Å². The Morgan fingerprint density at radius 3 is 2.89 bits per heavy atom. The number of aryl methyl sites for hydroxylation is 2. The molecule has 0 aliphatic carbocycles. The number of nitrogens with zero attached hydrogens (tertiary/aromatic N) is 3. The molecule has 27 heavy (non-hydrogen) atoms. The molecule has 1 atom stereocenters. The summed E-state index contributed by atoms with van der Waals surface area (Å²) in [6.07, 6.45) is 1.84. The van der Waals surface area contributed by atoms with Gasteiger partial charge in [0, 0.05) is 43.3 Å². The molecule has 4 rings (SSSR count). The van der Waals surface area contributed by atoms with Crippen LogP contribution in [0.1, 0.15) is 22.3 Å². The number of H-pyrrole nitrogens is 1. The monoisotopic (exact) mass is 409 g/mol. The largest absolute Gasteiger partial charge is 0.378 e. The summed E-state index contributed by atoms with van der Waals surface area (Å²) in [5, 5.41) is 11.1. The third-order valence-electron chi connectivity index (χ3n) is 5.00. The van der Waals surface area contributed by atoms with Gasteiger partial charge in [-0.3, -0.25) is 5.10 Å². The lowest BCUT2D eigenvalue weighted by Gasteiger charge is -2.37. The van der Waals surface area contributed by atoms with E-state index in [0.29, 0.717) is 32.8 Å². The highest BCUT2D eigenvalue weighted by atomic mass is 35.5. The number of thiophene rings is 1. The lowest BCUT2D eigenvalue weighted by molar-refractivity contribution is 0.0406. The smallest absolute Gasteiger partial charge is 0.320 e. The molecule has 1 unspecified atom stereocenters. The number of carbonyl (C=O) groups excluding carboxylic acids is 1. The molecule has 2 aliphatic heterocycles. The molecule has 2 aromatic heterocycles. The Morgan fingerprint density at radius 2 is 2.11 bits per heavy atom. The van der Waals surface area contributed by atoms with Crippen molar-refractivity contribution in [3.05, 3.63) is 38.8 Å². The van der Waals surface area contributed by atoms with Crippen molar-refractivity contribution >= 4 is 29.0 Å². The standard InChI is InChI=1S/C18H24ClN5O2S/c19-17-4-3-14(27-17)2-1-13-11-15(22-21-13)16-12-24(6-5-20-16)18(25)23-7-9-26-10-8-23/h3-4,11,16,20H,1-2,5-10,12H2,(H,21,22). The Morgan fingerprint density at radius 1 is 1.26 bits per heavy atom. The van der Waals surface area contributed by atoms with Crippen LogP contribution in [-0.4, -0.2) is 72.0 Å². The van der Waals surface area contributed by atoms with Crippen LogP contribution in [0, 0.1) is 0 Å². The first-order chi connectivity index (χ1) is 13.2. The van der Waals surface area contributed by atoms with E-state index in [4.69, 9.17) is 16.3 Å². The van der Waals surface area contributed by atoms with Gasteiger partial charge in [-0.05, 0) is 31.0 Å². The molecule has 0 bridgehead atoms. The molecule has 2 amide bonds. The predicted molar refractivity (Wildman–Crippen MR) is 105 cm³/mol. The molecule has 2 aromatic rings. The van der Waals surface area contributed by atoms with Crippen molar-refractivity contribution < 1.29 is 9.53 Å². The molecule has 2 saturated heterocycles. The van der Waals surface area contributed by atoms with E-state index >= 15 is 0 Å². The maximum Gasteiger partial charge on any atom is 0.320 e. The van der Waals surface area contributed by atoms with E-state index in [9.17, 15) is 4.79 Å². The topological polar surface area (TPSA) is 73.5 Å². The highest BCUT2D eigenvalue weighted by Crippen LogP contribution is 2.23. The van der Waals surface area contributed by atoms with Gasteiger partial charge in [0.2, 0.25) is 0 Å². The van der Waals surface area contributed by atoms with E-state index in [2.05, 4.69) is 27.6 Å². The second-order valence-corrected chi connectivity index (χ2v) is 8.66. The van der Waals surface area contributed by atoms with E-state index < -0.39 is 0 Å². The van der Waals surface area contributed by atoms with Gasteiger partial charge in [0.25, 0.3) is 0 Å². The van der Waals surface area contributed by atoms with Crippen molar-refractivity contribution in [2.45, 2.75) is 18.9 Å². The summed E-state index contributed by atoms with van der Waals surface area (Å²) < 4.78 is 6.17. The fourth-order valence-corrected chi connectivity index (χ4v) is 4.59. The quantitative estimate of drug-likeness (QED) is 0.812. The molecule has 2 fully saturated rings. The number of aromatic nitrogens is 2. The van der Waals surface area contributed by atoms with Crippen molar-refractivity contribution in [2.75, 3.05) is 45.9 Å².